The number of rotatable bonds is 5. The summed E-state index contributed by atoms with van der Waals surface area (Å²) in [6.45, 7) is 14.4. The Hall–Kier alpha value is -0.120. The van der Waals surface area contributed by atoms with Gasteiger partial charge in [-0.1, -0.05) is 41.5 Å². The van der Waals surface area contributed by atoms with E-state index in [1.165, 1.54) is 38.5 Å². The summed E-state index contributed by atoms with van der Waals surface area (Å²) in [5.41, 5.74) is 1.14. The zero-order valence-electron chi connectivity index (χ0n) is 21.9. The number of fused-ring (bicyclic) bond motifs is 2. The van der Waals surface area contributed by atoms with E-state index in [0.717, 1.165) is 25.7 Å². The SMILES string of the molecule is CCC(C[C@@H](C)[C@H]1C[C@H](O)[C@@]2(C)C3CC[C@H]4C(C)(C)C(O)CCC45CC35CCC12C)OC. The van der Waals surface area contributed by atoms with Gasteiger partial charge in [0.25, 0.3) is 0 Å². The van der Waals surface area contributed by atoms with E-state index in [1.54, 1.807) is 0 Å². The molecule has 32 heavy (non-hydrogen) atoms. The van der Waals surface area contributed by atoms with Gasteiger partial charge in [0, 0.05) is 12.5 Å². The molecule has 3 heteroatoms. The number of ether oxygens (including phenoxy) is 1. The fourth-order valence-electron chi connectivity index (χ4n) is 11.3. The third kappa shape index (κ3) is 2.60. The van der Waals surface area contributed by atoms with Crippen molar-refractivity contribution in [1.29, 1.82) is 0 Å². The van der Waals surface area contributed by atoms with Crippen LogP contribution in [0.3, 0.4) is 0 Å². The second-order valence-electron chi connectivity index (χ2n) is 14.1. The summed E-state index contributed by atoms with van der Waals surface area (Å²) in [5, 5.41) is 22.6. The molecule has 5 aliphatic carbocycles. The Morgan fingerprint density at radius 3 is 2.22 bits per heavy atom. The lowest BCUT2D eigenvalue weighted by Gasteiger charge is -2.63. The molecule has 0 aromatic rings. The molecule has 3 nitrogen and oxygen atoms in total. The maximum absolute atomic E-state index is 11.8. The van der Waals surface area contributed by atoms with Crippen LogP contribution in [-0.2, 0) is 4.74 Å². The Labute approximate surface area is 197 Å². The second-order valence-corrected chi connectivity index (χ2v) is 14.1. The van der Waals surface area contributed by atoms with Crippen LogP contribution in [0.25, 0.3) is 0 Å². The summed E-state index contributed by atoms with van der Waals surface area (Å²) in [6, 6.07) is 0. The molecule has 2 N–H and O–H groups in total. The molecule has 11 atom stereocenters. The predicted molar refractivity (Wildman–Crippen MR) is 129 cm³/mol. The molecule has 184 valence electrons. The van der Waals surface area contributed by atoms with E-state index >= 15 is 0 Å². The zero-order valence-corrected chi connectivity index (χ0v) is 21.9. The van der Waals surface area contributed by atoms with Crippen LogP contribution in [0.1, 0.15) is 106 Å². The Morgan fingerprint density at radius 1 is 0.906 bits per heavy atom. The van der Waals surface area contributed by atoms with Crippen LogP contribution in [-0.4, -0.2) is 35.6 Å². The molecule has 0 amide bonds. The van der Waals surface area contributed by atoms with Gasteiger partial charge in [-0.15, -0.1) is 0 Å². The monoisotopic (exact) mass is 446 g/mol. The summed E-state index contributed by atoms with van der Waals surface area (Å²) in [6.07, 6.45) is 11.9. The summed E-state index contributed by atoms with van der Waals surface area (Å²) in [5.74, 6) is 2.47. The van der Waals surface area contributed by atoms with Crippen LogP contribution >= 0.6 is 0 Å². The van der Waals surface area contributed by atoms with Crippen LogP contribution < -0.4 is 0 Å². The van der Waals surface area contributed by atoms with Crippen LogP contribution in [0.2, 0.25) is 0 Å². The molecule has 0 radical (unpaired) electrons. The van der Waals surface area contributed by atoms with Gasteiger partial charge in [-0.2, -0.15) is 0 Å². The van der Waals surface area contributed by atoms with Gasteiger partial charge in [0.15, 0.2) is 0 Å². The van der Waals surface area contributed by atoms with E-state index in [9.17, 15) is 10.2 Å². The molecule has 0 saturated heterocycles. The van der Waals surface area contributed by atoms with Crippen molar-refractivity contribution in [2.75, 3.05) is 7.11 Å². The molecule has 0 bridgehead atoms. The molecule has 5 saturated carbocycles. The molecule has 0 aliphatic heterocycles. The van der Waals surface area contributed by atoms with Gasteiger partial charge in [0.05, 0.1) is 18.3 Å². The molecular weight excluding hydrogens is 396 g/mol. The maximum atomic E-state index is 11.8. The van der Waals surface area contributed by atoms with Crippen molar-refractivity contribution in [2.24, 2.45) is 50.7 Å². The molecule has 6 unspecified atom stereocenters. The van der Waals surface area contributed by atoms with Crippen molar-refractivity contribution in [2.45, 2.75) is 124 Å². The predicted octanol–water partition coefficient (Wildman–Crippen LogP) is 6.21. The molecule has 0 aromatic heterocycles. The molecule has 0 heterocycles. The number of aliphatic hydroxyl groups is 2. The minimum Gasteiger partial charge on any atom is -0.393 e. The van der Waals surface area contributed by atoms with Crippen LogP contribution in [0, 0.1) is 50.7 Å². The Balaban J connectivity index is 1.46. The summed E-state index contributed by atoms with van der Waals surface area (Å²) in [7, 11) is 1.86. The van der Waals surface area contributed by atoms with Gasteiger partial charge in [0.1, 0.15) is 0 Å². The van der Waals surface area contributed by atoms with E-state index in [2.05, 4.69) is 41.5 Å². The van der Waals surface area contributed by atoms with Crippen LogP contribution in [0.5, 0.6) is 0 Å². The van der Waals surface area contributed by atoms with Gasteiger partial charge < -0.3 is 14.9 Å². The first-order chi connectivity index (χ1) is 14.9. The van der Waals surface area contributed by atoms with E-state index in [-0.39, 0.29) is 28.5 Å². The molecular formula is C29H50O3. The molecule has 0 aromatic carbocycles. The minimum atomic E-state index is -0.180. The van der Waals surface area contributed by atoms with Gasteiger partial charge >= 0.3 is 0 Å². The zero-order chi connectivity index (χ0) is 23.3. The fourth-order valence-corrected chi connectivity index (χ4v) is 11.3. The van der Waals surface area contributed by atoms with Gasteiger partial charge in [-0.25, -0.2) is 0 Å². The Morgan fingerprint density at radius 2 is 1.56 bits per heavy atom. The molecule has 5 aliphatic rings. The molecule has 5 rings (SSSR count). The minimum absolute atomic E-state index is 0.0215. The van der Waals surface area contributed by atoms with Gasteiger partial charge in [-0.05, 0) is 110 Å². The van der Waals surface area contributed by atoms with Crippen LogP contribution in [0.4, 0.5) is 0 Å². The highest BCUT2D eigenvalue weighted by Gasteiger charge is 2.83. The summed E-state index contributed by atoms with van der Waals surface area (Å²) < 4.78 is 5.76. The van der Waals surface area contributed by atoms with Crippen molar-refractivity contribution in [3.05, 3.63) is 0 Å². The van der Waals surface area contributed by atoms with Gasteiger partial charge in [-0.3, -0.25) is 0 Å². The normalized spacial score (nSPS) is 55.2. The lowest BCUT2D eigenvalue weighted by molar-refractivity contribution is -0.182. The van der Waals surface area contributed by atoms with Gasteiger partial charge in [0.2, 0.25) is 0 Å². The lowest BCUT2D eigenvalue weighted by atomic mass is 9.41. The highest BCUT2D eigenvalue weighted by atomic mass is 16.5. The second kappa shape index (κ2) is 7.20. The summed E-state index contributed by atoms with van der Waals surface area (Å²) >= 11 is 0. The standard InChI is InChI=1S/C29H50O3/c1-8-19(32-7)15-18(2)20-16-24(31)27(6)22-10-9-21-25(3,4)23(30)11-12-28(21)17-29(22,28)14-13-26(20,27)5/h18-24,30-31H,8-17H2,1-7H3/t18-,19?,20-,21+,22?,23?,24+,26?,27-,28?,29?/m1/s1. The first-order valence-electron chi connectivity index (χ1n) is 13.8. The quantitative estimate of drug-likeness (QED) is 0.528. The number of methoxy groups -OCH3 is 1. The highest BCUT2D eigenvalue weighted by molar-refractivity contribution is 5.31. The largest absolute Gasteiger partial charge is 0.393 e. The van der Waals surface area contributed by atoms with E-state index in [4.69, 9.17) is 4.74 Å². The first kappa shape index (κ1) is 23.6. The summed E-state index contributed by atoms with van der Waals surface area (Å²) in [4.78, 5) is 0. The van der Waals surface area contributed by atoms with Crippen LogP contribution in [0.15, 0.2) is 0 Å². The van der Waals surface area contributed by atoms with Crippen molar-refractivity contribution < 1.29 is 14.9 Å². The lowest BCUT2D eigenvalue weighted by Crippen LogP contribution is -2.59. The average Bonchev–Trinajstić information content (AvgIpc) is 3.37. The topological polar surface area (TPSA) is 49.7 Å². The number of hydrogen-bond acceptors (Lipinski definition) is 3. The smallest absolute Gasteiger partial charge is 0.0604 e. The van der Waals surface area contributed by atoms with E-state index in [1.807, 2.05) is 7.11 Å². The maximum Gasteiger partial charge on any atom is 0.0604 e. The molecule has 5 fully saturated rings. The van der Waals surface area contributed by atoms with E-state index < -0.39 is 0 Å². The number of hydrogen-bond donors (Lipinski definition) is 2. The Kier molecular flexibility index (Phi) is 5.31. The third-order valence-electron chi connectivity index (χ3n) is 13.3. The highest BCUT2D eigenvalue weighted by Crippen LogP contribution is 2.89. The fraction of sp³-hybridized carbons (Fsp3) is 1.00. The van der Waals surface area contributed by atoms with Crippen molar-refractivity contribution >= 4 is 0 Å². The van der Waals surface area contributed by atoms with Crippen molar-refractivity contribution in [3.63, 3.8) is 0 Å². The Bertz CT molecular complexity index is 745. The first-order valence-corrected chi connectivity index (χ1v) is 13.8. The average molecular weight is 447 g/mol. The molecule has 2 spiro atoms. The van der Waals surface area contributed by atoms with Crippen molar-refractivity contribution in [1.82, 2.24) is 0 Å². The third-order valence-corrected chi connectivity index (χ3v) is 13.3. The number of aliphatic hydroxyl groups excluding tert-OH is 2. The van der Waals surface area contributed by atoms with E-state index in [0.29, 0.717) is 40.6 Å². The van der Waals surface area contributed by atoms with Crippen molar-refractivity contribution in [3.8, 4) is 0 Å².